The smallest absolute Gasteiger partial charge is 0.408 e. The Hall–Kier alpha value is -4.94. The predicted molar refractivity (Wildman–Crippen MR) is 184 cm³/mol. The summed E-state index contributed by atoms with van der Waals surface area (Å²) in [6.45, 7) is 7.57. The van der Waals surface area contributed by atoms with E-state index in [0.29, 0.717) is 19.4 Å². The van der Waals surface area contributed by atoms with Gasteiger partial charge >= 0.3 is 18.0 Å². The first-order valence-electron chi connectivity index (χ1n) is 17.1. The van der Waals surface area contributed by atoms with E-state index in [1.807, 2.05) is 24.3 Å². The van der Waals surface area contributed by atoms with Crippen molar-refractivity contribution in [2.24, 2.45) is 5.92 Å². The van der Waals surface area contributed by atoms with Crippen molar-refractivity contribution in [3.63, 3.8) is 0 Å². The van der Waals surface area contributed by atoms with Crippen LogP contribution in [0.5, 0.6) is 0 Å². The fourth-order valence-electron chi connectivity index (χ4n) is 5.45. The van der Waals surface area contributed by atoms with Crippen molar-refractivity contribution in [1.29, 1.82) is 0 Å². The Morgan fingerprint density at radius 2 is 1.42 bits per heavy atom. The Bertz CT molecular complexity index is 1430. The molecule has 1 saturated heterocycles. The second kappa shape index (κ2) is 19.9. The van der Waals surface area contributed by atoms with Crippen molar-refractivity contribution in [3.05, 3.63) is 71.8 Å². The van der Waals surface area contributed by atoms with Crippen molar-refractivity contribution in [2.45, 2.75) is 103 Å². The number of ether oxygens (including phenoxy) is 3. The van der Waals surface area contributed by atoms with Gasteiger partial charge in [0.2, 0.25) is 17.7 Å². The lowest BCUT2D eigenvalue weighted by Crippen LogP contribution is -2.56. The first-order chi connectivity index (χ1) is 23.8. The normalized spacial score (nSPS) is 15.8. The third kappa shape index (κ3) is 14.7. The highest BCUT2D eigenvalue weighted by Crippen LogP contribution is 2.19. The van der Waals surface area contributed by atoms with Gasteiger partial charge in [-0.1, -0.05) is 60.7 Å². The van der Waals surface area contributed by atoms with Gasteiger partial charge in [0.1, 0.15) is 24.3 Å². The Morgan fingerprint density at radius 1 is 0.800 bits per heavy atom. The number of nitrogens with one attached hydrogen (secondary N) is 4. The lowest BCUT2D eigenvalue weighted by atomic mass is 9.94. The van der Waals surface area contributed by atoms with E-state index in [1.54, 1.807) is 64.1 Å². The maximum absolute atomic E-state index is 13.9. The van der Waals surface area contributed by atoms with E-state index in [2.05, 4.69) is 21.3 Å². The number of carbonyl (C=O) groups excluding carboxylic acids is 6. The van der Waals surface area contributed by atoms with Crippen LogP contribution in [-0.4, -0.2) is 72.6 Å². The molecule has 3 rings (SSSR count). The minimum Gasteiger partial charge on any atom is -0.466 e. The van der Waals surface area contributed by atoms with Gasteiger partial charge in [0.05, 0.1) is 6.61 Å². The first-order valence-corrected chi connectivity index (χ1v) is 17.1. The summed E-state index contributed by atoms with van der Waals surface area (Å²) in [5.41, 5.74) is 0.745. The summed E-state index contributed by atoms with van der Waals surface area (Å²) in [6, 6.07) is 15.1. The van der Waals surface area contributed by atoms with Gasteiger partial charge in [-0.25, -0.2) is 4.79 Å². The number of hydrogen-bond donors (Lipinski definition) is 4. The Balaban J connectivity index is 1.79. The van der Waals surface area contributed by atoms with E-state index in [9.17, 15) is 28.8 Å². The predicted octanol–water partition coefficient (Wildman–Crippen LogP) is 3.49. The molecule has 13 heteroatoms. The summed E-state index contributed by atoms with van der Waals surface area (Å²) in [5.74, 6) is -2.68. The molecule has 13 nitrogen and oxygen atoms in total. The molecule has 2 aromatic rings. The minimum atomic E-state index is -1.25. The number of rotatable bonds is 18. The Labute approximate surface area is 293 Å². The van der Waals surface area contributed by atoms with E-state index >= 15 is 0 Å². The molecular weight excluding hydrogens is 644 g/mol. The lowest BCUT2D eigenvalue weighted by Gasteiger charge is -2.27. The van der Waals surface area contributed by atoms with Gasteiger partial charge in [-0.05, 0) is 64.5 Å². The van der Waals surface area contributed by atoms with Crippen LogP contribution >= 0.6 is 0 Å². The molecule has 4 atom stereocenters. The van der Waals surface area contributed by atoms with Crippen LogP contribution in [0, 0.1) is 5.92 Å². The monoisotopic (exact) mass is 694 g/mol. The number of amides is 4. The molecule has 0 saturated carbocycles. The van der Waals surface area contributed by atoms with E-state index in [-0.39, 0.29) is 57.1 Å². The van der Waals surface area contributed by atoms with Crippen molar-refractivity contribution in [3.8, 4) is 0 Å². The van der Waals surface area contributed by atoms with Crippen LogP contribution in [0.25, 0.3) is 0 Å². The van der Waals surface area contributed by atoms with Crippen molar-refractivity contribution in [2.75, 3.05) is 13.2 Å². The molecule has 1 fully saturated rings. The molecule has 4 amide bonds. The molecule has 0 spiro atoms. The lowest BCUT2D eigenvalue weighted by molar-refractivity contribution is -0.155. The Morgan fingerprint density at radius 3 is 2.02 bits per heavy atom. The molecule has 0 unspecified atom stereocenters. The molecule has 2 aromatic carbocycles. The van der Waals surface area contributed by atoms with Crippen molar-refractivity contribution in [1.82, 2.24) is 21.3 Å². The number of hydrogen-bond acceptors (Lipinski definition) is 9. The van der Waals surface area contributed by atoms with E-state index in [4.69, 9.17) is 14.2 Å². The zero-order valence-corrected chi connectivity index (χ0v) is 29.3. The molecule has 50 heavy (non-hydrogen) atoms. The summed E-state index contributed by atoms with van der Waals surface area (Å²) in [6.07, 6.45) is 0.0678. The average Bonchev–Trinajstić information content (AvgIpc) is 3.48. The highest BCUT2D eigenvalue weighted by molar-refractivity contribution is 5.92. The highest BCUT2D eigenvalue weighted by Gasteiger charge is 2.32. The number of alkyl carbamates (subject to hydrolysis) is 1. The largest absolute Gasteiger partial charge is 0.466 e. The summed E-state index contributed by atoms with van der Waals surface area (Å²) in [5, 5.41) is 11.1. The molecule has 1 aliphatic rings. The van der Waals surface area contributed by atoms with Gasteiger partial charge in [-0.15, -0.1) is 0 Å². The molecular formula is C37H50N4O9. The summed E-state index contributed by atoms with van der Waals surface area (Å²) < 4.78 is 15.8. The van der Waals surface area contributed by atoms with Gasteiger partial charge in [-0.3, -0.25) is 24.0 Å². The SMILES string of the molecule is CCOC(=O)CC[C@H](C[C@@H]1CCNC1=O)NC(=O)[C@H](Cc1ccccc1)NC(=O)[C@H](CCC(=O)OC(C)(C)C)NC(=O)OCc1ccccc1. The van der Waals surface area contributed by atoms with Gasteiger partial charge in [0, 0.05) is 37.8 Å². The maximum Gasteiger partial charge on any atom is 0.408 e. The zero-order valence-electron chi connectivity index (χ0n) is 29.3. The second-order valence-electron chi connectivity index (χ2n) is 13.2. The van der Waals surface area contributed by atoms with Gasteiger partial charge in [0.15, 0.2) is 0 Å². The number of esters is 2. The zero-order chi connectivity index (χ0) is 36.5. The topological polar surface area (TPSA) is 178 Å². The van der Waals surface area contributed by atoms with Crippen LogP contribution in [0.1, 0.15) is 77.3 Å². The van der Waals surface area contributed by atoms with Gasteiger partial charge in [0.25, 0.3) is 0 Å². The van der Waals surface area contributed by atoms with Crippen molar-refractivity contribution >= 4 is 35.8 Å². The number of carbonyl (C=O) groups is 6. The maximum atomic E-state index is 13.9. The van der Waals surface area contributed by atoms with Crippen LogP contribution < -0.4 is 21.3 Å². The van der Waals surface area contributed by atoms with Gasteiger partial charge < -0.3 is 35.5 Å². The summed E-state index contributed by atoms with van der Waals surface area (Å²) >= 11 is 0. The number of benzene rings is 2. The van der Waals surface area contributed by atoms with Crippen molar-refractivity contribution < 1.29 is 43.0 Å². The molecule has 0 aromatic heterocycles. The quantitative estimate of drug-likeness (QED) is 0.134. The van der Waals surface area contributed by atoms with E-state index < -0.39 is 53.6 Å². The van der Waals surface area contributed by atoms with Gasteiger partial charge in [-0.2, -0.15) is 0 Å². The van der Waals surface area contributed by atoms with Crippen LogP contribution in [-0.2, 0) is 51.2 Å². The molecule has 0 aliphatic carbocycles. The van der Waals surface area contributed by atoms with Crippen LogP contribution in [0.3, 0.4) is 0 Å². The minimum absolute atomic E-state index is 0.0323. The van der Waals surface area contributed by atoms with Crippen LogP contribution in [0.2, 0.25) is 0 Å². The molecule has 272 valence electrons. The fourth-order valence-corrected chi connectivity index (χ4v) is 5.45. The third-order valence-electron chi connectivity index (χ3n) is 7.87. The molecule has 0 bridgehead atoms. The van der Waals surface area contributed by atoms with Crippen LogP contribution in [0.4, 0.5) is 4.79 Å². The standard InChI is InChI=1S/C37H50N4O9/c1-5-48-31(42)18-16-28(23-27-20-21-38-33(27)44)39-35(46)30(22-25-12-8-6-9-13-25)40-34(45)29(17-19-32(43)50-37(2,3)4)41-36(47)49-24-26-14-10-7-11-15-26/h6-15,27-30H,5,16-24H2,1-4H3,(H,38,44)(H,39,46)(H,40,45)(H,41,47)/t27-,28+,29-,30-/m0/s1. The molecule has 0 radical (unpaired) electrons. The highest BCUT2D eigenvalue weighted by atomic mass is 16.6. The third-order valence-corrected chi connectivity index (χ3v) is 7.87. The molecule has 4 N–H and O–H groups in total. The summed E-state index contributed by atoms with van der Waals surface area (Å²) in [4.78, 5) is 77.7. The fraction of sp³-hybridized carbons (Fsp3) is 0.514. The average molecular weight is 695 g/mol. The molecule has 1 heterocycles. The first kappa shape index (κ1) is 39.5. The Kier molecular flexibility index (Phi) is 15.7. The molecule has 1 aliphatic heterocycles. The van der Waals surface area contributed by atoms with E-state index in [0.717, 1.165) is 11.1 Å². The summed E-state index contributed by atoms with van der Waals surface area (Å²) in [7, 11) is 0. The second-order valence-corrected chi connectivity index (χ2v) is 13.2. The van der Waals surface area contributed by atoms with Crippen LogP contribution in [0.15, 0.2) is 60.7 Å². The van der Waals surface area contributed by atoms with E-state index in [1.165, 1.54) is 0 Å².